The topological polar surface area (TPSA) is 88.3 Å². The average molecular weight is 378 g/mol. The van der Waals surface area contributed by atoms with Crippen LogP contribution in [0.1, 0.15) is 28.5 Å². The van der Waals surface area contributed by atoms with E-state index < -0.39 is 16.0 Å². The third-order valence-corrected chi connectivity index (χ3v) is 6.73. The highest BCUT2D eigenvalue weighted by molar-refractivity contribution is 7.94. The third kappa shape index (κ3) is 3.40. The van der Waals surface area contributed by atoms with Crippen LogP contribution in [0.4, 0.5) is 5.69 Å². The van der Waals surface area contributed by atoms with Gasteiger partial charge in [-0.25, -0.2) is 13.2 Å². The number of aryl methyl sites for hydroxylation is 2. The zero-order chi connectivity index (χ0) is 18.2. The number of benzene rings is 1. The molecule has 2 N–H and O–H groups in total. The van der Waals surface area contributed by atoms with Gasteiger partial charge in [0.25, 0.3) is 10.0 Å². The Labute approximate surface area is 149 Å². The van der Waals surface area contributed by atoms with E-state index in [9.17, 15) is 13.2 Å². The summed E-state index contributed by atoms with van der Waals surface area (Å²) in [6.45, 7) is 5.62. The van der Waals surface area contributed by atoms with E-state index in [2.05, 4.69) is 9.71 Å². The van der Waals surface area contributed by atoms with Crippen molar-refractivity contribution in [2.75, 3.05) is 11.3 Å². The minimum atomic E-state index is -3.70. The quantitative estimate of drug-likeness (QED) is 0.661. The molecule has 25 heavy (non-hydrogen) atoms. The van der Waals surface area contributed by atoms with Gasteiger partial charge in [-0.05, 0) is 61.5 Å². The van der Waals surface area contributed by atoms with E-state index in [1.54, 1.807) is 37.4 Å². The number of thiophene rings is 1. The number of ether oxygens (including phenoxy) is 1. The molecule has 0 atom stereocenters. The van der Waals surface area contributed by atoms with E-state index in [1.165, 1.54) is 11.3 Å². The molecule has 2 aromatic heterocycles. The van der Waals surface area contributed by atoms with Crippen LogP contribution in [0.15, 0.2) is 33.9 Å². The van der Waals surface area contributed by atoms with Gasteiger partial charge >= 0.3 is 5.97 Å². The zero-order valence-electron chi connectivity index (χ0n) is 14.0. The van der Waals surface area contributed by atoms with E-state index in [-0.39, 0.29) is 16.5 Å². The fourth-order valence-electron chi connectivity index (χ4n) is 2.62. The molecule has 6 nitrogen and oxygen atoms in total. The number of aromatic amines is 1. The molecule has 0 aliphatic rings. The fourth-order valence-corrected chi connectivity index (χ4v) is 5.10. The summed E-state index contributed by atoms with van der Waals surface area (Å²) in [6.07, 6.45) is 0. The van der Waals surface area contributed by atoms with Gasteiger partial charge < -0.3 is 9.72 Å². The molecule has 0 saturated carbocycles. The highest BCUT2D eigenvalue weighted by Gasteiger charge is 2.21. The highest BCUT2D eigenvalue weighted by atomic mass is 32.2. The van der Waals surface area contributed by atoms with Crippen LogP contribution in [0.25, 0.3) is 10.9 Å². The van der Waals surface area contributed by atoms with Crippen molar-refractivity contribution in [2.45, 2.75) is 25.0 Å². The molecule has 0 fully saturated rings. The number of anilines is 1. The summed E-state index contributed by atoms with van der Waals surface area (Å²) >= 11 is 1.17. The van der Waals surface area contributed by atoms with Crippen molar-refractivity contribution in [2.24, 2.45) is 0 Å². The minimum Gasteiger partial charge on any atom is -0.461 e. The number of fused-ring (bicyclic) bond motifs is 1. The van der Waals surface area contributed by atoms with Crippen LogP contribution >= 0.6 is 11.3 Å². The normalized spacial score (nSPS) is 11.6. The molecule has 8 heteroatoms. The number of hydrogen-bond acceptors (Lipinski definition) is 5. The molecule has 132 valence electrons. The monoisotopic (exact) mass is 378 g/mol. The second-order valence-corrected chi connectivity index (χ2v) is 8.47. The van der Waals surface area contributed by atoms with E-state index in [1.807, 2.05) is 13.0 Å². The molecule has 2 heterocycles. The number of H-pyrrole nitrogens is 1. The number of aromatic nitrogens is 1. The summed E-state index contributed by atoms with van der Waals surface area (Å²) in [6, 6.07) is 7.03. The fraction of sp³-hybridized carbons (Fsp3) is 0.235. The lowest BCUT2D eigenvalue weighted by atomic mass is 10.1. The standard InChI is InChI=1S/C17H18N2O4S2/c1-4-23-16(20)14-9-12-7-10(2)8-13(15(12)18-14)19-25(21,22)17-11(3)5-6-24-17/h5-9,18-19H,4H2,1-3H3. The first kappa shape index (κ1) is 17.5. The van der Waals surface area contributed by atoms with Gasteiger partial charge in [0.05, 0.1) is 17.8 Å². The Morgan fingerprint density at radius 2 is 2.04 bits per heavy atom. The number of hydrogen-bond donors (Lipinski definition) is 2. The summed E-state index contributed by atoms with van der Waals surface area (Å²) in [5.41, 5.74) is 2.81. The van der Waals surface area contributed by atoms with Gasteiger partial charge in [-0.3, -0.25) is 4.72 Å². The largest absolute Gasteiger partial charge is 0.461 e. The molecule has 0 aliphatic heterocycles. The molecule has 0 unspecified atom stereocenters. The molecular weight excluding hydrogens is 360 g/mol. The smallest absolute Gasteiger partial charge is 0.354 e. The average Bonchev–Trinajstić information content (AvgIpc) is 3.13. The SMILES string of the molecule is CCOC(=O)c1cc2cc(C)cc(NS(=O)(=O)c3sccc3C)c2[nH]1. The Bertz CT molecular complexity index is 1050. The Morgan fingerprint density at radius 1 is 1.28 bits per heavy atom. The highest BCUT2D eigenvalue weighted by Crippen LogP contribution is 2.30. The number of esters is 1. The van der Waals surface area contributed by atoms with Gasteiger partial charge in [-0.2, -0.15) is 0 Å². The zero-order valence-corrected chi connectivity index (χ0v) is 15.7. The number of sulfonamides is 1. The second kappa shape index (κ2) is 6.53. The Kier molecular flexibility index (Phi) is 4.57. The van der Waals surface area contributed by atoms with Gasteiger partial charge in [0.2, 0.25) is 0 Å². The van der Waals surface area contributed by atoms with Gasteiger partial charge in [-0.15, -0.1) is 11.3 Å². The van der Waals surface area contributed by atoms with Crippen molar-refractivity contribution >= 4 is 43.9 Å². The number of nitrogens with one attached hydrogen (secondary N) is 2. The van der Waals surface area contributed by atoms with Crippen LogP contribution in [0, 0.1) is 13.8 Å². The van der Waals surface area contributed by atoms with Crippen molar-refractivity contribution in [3.63, 3.8) is 0 Å². The van der Waals surface area contributed by atoms with Gasteiger partial charge in [0.15, 0.2) is 0 Å². The third-order valence-electron chi connectivity index (χ3n) is 3.67. The first-order valence-corrected chi connectivity index (χ1v) is 10.1. The predicted octanol–water partition coefficient (Wildman–Crippen LogP) is 3.82. The van der Waals surface area contributed by atoms with Crippen LogP contribution in [0.3, 0.4) is 0 Å². The van der Waals surface area contributed by atoms with Crippen molar-refractivity contribution < 1.29 is 17.9 Å². The Morgan fingerprint density at radius 3 is 2.68 bits per heavy atom. The lowest BCUT2D eigenvalue weighted by molar-refractivity contribution is 0.0520. The molecule has 0 aliphatic carbocycles. The summed E-state index contributed by atoms with van der Waals surface area (Å²) in [5, 5.41) is 2.48. The summed E-state index contributed by atoms with van der Waals surface area (Å²) < 4.78 is 33.3. The van der Waals surface area contributed by atoms with Gasteiger partial charge in [0, 0.05) is 5.39 Å². The van der Waals surface area contributed by atoms with Gasteiger partial charge in [-0.1, -0.05) is 0 Å². The summed E-state index contributed by atoms with van der Waals surface area (Å²) in [5.74, 6) is -0.473. The molecule has 3 rings (SSSR count). The van der Waals surface area contributed by atoms with Gasteiger partial charge in [0.1, 0.15) is 9.90 Å². The van der Waals surface area contributed by atoms with E-state index in [4.69, 9.17) is 4.74 Å². The lowest BCUT2D eigenvalue weighted by Gasteiger charge is -2.09. The lowest BCUT2D eigenvalue weighted by Crippen LogP contribution is -2.13. The minimum absolute atomic E-state index is 0.268. The Hall–Kier alpha value is -2.32. The van der Waals surface area contributed by atoms with Crippen molar-refractivity contribution in [3.8, 4) is 0 Å². The number of rotatable bonds is 5. The predicted molar refractivity (Wildman–Crippen MR) is 98.9 cm³/mol. The Balaban J connectivity index is 2.07. The maximum Gasteiger partial charge on any atom is 0.354 e. The van der Waals surface area contributed by atoms with Crippen LogP contribution < -0.4 is 4.72 Å². The van der Waals surface area contributed by atoms with E-state index in [0.717, 1.165) is 10.9 Å². The van der Waals surface area contributed by atoms with Crippen molar-refractivity contribution in [3.05, 3.63) is 46.5 Å². The maximum atomic E-state index is 12.7. The second-order valence-electron chi connectivity index (χ2n) is 5.68. The van der Waals surface area contributed by atoms with Crippen LogP contribution in [0.2, 0.25) is 0 Å². The van der Waals surface area contributed by atoms with E-state index in [0.29, 0.717) is 16.8 Å². The molecule has 1 aromatic carbocycles. The van der Waals surface area contributed by atoms with Crippen LogP contribution in [0.5, 0.6) is 0 Å². The summed E-state index contributed by atoms with van der Waals surface area (Å²) in [4.78, 5) is 14.9. The molecular formula is C17H18N2O4S2. The molecule has 0 radical (unpaired) electrons. The molecule has 0 bridgehead atoms. The number of carbonyl (C=O) groups excluding carboxylic acids is 1. The summed E-state index contributed by atoms with van der Waals surface area (Å²) in [7, 11) is -3.70. The molecule has 0 saturated heterocycles. The first-order chi connectivity index (χ1) is 11.8. The van der Waals surface area contributed by atoms with Crippen LogP contribution in [-0.4, -0.2) is 26.0 Å². The molecule has 3 aromatic rings. The van der Waals surface area contributed by atoms with Crippen LogP contribution in [-0.2, 0) is 14.8 Å². The maximum absolute atomic E-state index is 12.7. The van der Waals surface area contributed by atoms with Crippen molar-refractivity contribution in [1.29, 1.82) is 0 Å². The molecule has 0 spiro atoms. The number of carbonyl (C=O) groups is 1. The van der Waals surface area contributed by atoms with Crippen molar-refractivity contribution in [1.82, 2.24) is 4.98 Å². The van der Waals surface area contributed by atoms with E-state index >= 15 is 0 Å². The molecule has 0 amide bonds. The first-order valence-electron chi connectivity index (χ1n) is 7.69.